The predicted molar refractivity (Wildman–Crippen MR) is 138 cm³/mol. The number of fused-ring (bicyclic) bond motifs is 5. The smallest absolute Gasteiger partial charge is 0.306 e. The van der Waals surface area contributed by atoms with Crippen molar-refractivity contribution in [1.82, 2.24) is 0 Å². The molecule has 0 aromatic heterocycles. The van der Waals surface area contributed by atoms with Crippen LogP contribution in [-0.4, -0.2) is 11.1 Å². The Hall–Kier alpha value is -0.790. The molecule has 0 aromatic carbocycles. The number of allylic oxidation sites excluding steroid dienone is 2. The van der Waals surface area contributed by atoms with Crippen LogP contribution in [0.1, 0.15) is 119 Å². The topological polar surface area (TPSA) is 37.3 Å². The Bertz CT molecular complexity index is 737. The second kappa shape index (κ2) is 9.69. The molecular formula is C31H52O2. The van der Waals surface area contributed by atoms with E-state index in [9.17, 15) is 9.90 Å². The Kier molecular flexibility index (Phi) is 7.43. The van der Waals surface area contributed by atoms with Crippen molar-refractivity contribution in [3.05, 3.63) is 11.6 Å². The third kappa shape index (κ3) is 4.47. The SMILES string of the molecule is CCC(C(=O)O)[C@H]1CC[C@@]2(C)C(=CC[C@H]3[C@@H]4CC[C@H]([C@H](C)CCCC(C)C)[C@@]4(C)CC[C@@H]32)C1. The van der Waals surface area contributed by atoms with Gasteiger partial charge in [-0.3, -0.25) is 4.79 Å². The Balaban J connectivity index is 1.48. The fourth-order valence-corrected chi connectivity index (χ4v) is 9.77. The number of hydrogen-bond donors (Lipinski definition) is 1. The summed E-state index contributed by atoms with van der Waals surface area (Å²) in [6.07, 6.45) is 18.0. The Morgan fingerprint density at radius 3 is 2.48 bits per heavy atom. The van der Waals surface area contributed by atoms with Gasteiger partial charge < -0.3 is 5.11 Å². The molecule has 4 aliphatic rings. The average molecular weight is 457 g/mol. The molecule has 188 valence electrons. The fourth-order valence-electron chi connectivity index (χ4n) is 9.77. The van der Waals surface area contributed by atoms with Crippen molar-refractivity contribution in [3.63, 3.8) is 0 Å². The summed E-state index contributed by atoms with van der Waals surface area (Å²) in [6, 6.07) is 0. The summed E-state index contributed by atoms with van der Waals surface area (Å²) in [5, 5.41) is 9.74. The van der Waals surface area contributed by atoms with Gasteiger partial charge >= 0.3 is 5.97 Å². The molecule has 0 saturated heterocycles. The lowest BCUT2D eigenvalue weighted by Gasteiger charge is -2.59. The van der Waals surface area contributed by atoms with Crippen LogP contribution in [0.3, 0.4) is 0 Å². The number of carbonyl (C=O) groups is 1. The largest absolute Gasteiger partial charge is 0.481 e. The second-order valence-corrected chi connectivity index (χ2v) is 13.6. The zero-order chi connectivity index (χ0) is 24.0. The van der Waals surface area contributed by atoms with Gasteiger partial charge in [-0.2, -0.15) is 0 Å². The number of carboxylic acid groups (broad SMARTS) is 1. The minimum Gasteiger partial charge on any atom is -0.481 e. The molecular weight excluding hydrogens is 404 g/mol. The van der Waals surface area contributed by atoms with E-state index in [2.05, 4.69) is 47.6 Å². The van der Waals surface area contributed by atoms with E-state index in [4.69, 9.17) is 0 Å². The first kappa shape index (κ1) is 25.3. The first-order valence-electron chi connectivity index (χ1n) is 14.5. The summed E-state index contributed by atoms with van der Waals surface area (Å²) < 4.78 is 0. The van der Waals surface area contributed by atoms with Crippen molar-refractivity contribution in [1.29, 1.82) is 0 Å². The fraction of sp³-hybridized carbons (Fsp3) is 0.903. The van der Waals surface area contributed by atoms with E-state index in [1.165, 1.54) is 57.8 Å². The van der Waals surface area contributed by atoms with E-state index in [1.54, 1.807) is 5.57 Å². The minimum absolute atomic E-state index is 0.157. The Labute approximate surface area is 204 Å². The lowest BCUT2D eigenvalue weighted by molar-refractivity contribution is -0.144. The summed E-state index contributed by atoms with van der Waals surface area (Å²) in [7, 11) is 0. The van der Waals surface area contributed by atoms with Gasteiger partial charge in [0, 0.05) is 0 Å². The first-order chi connectivity index (χ1) is 15.6. The quantitative estimate of drug-likeness (QED) is 0.371. The van der Waals surface area contributed by atoms with E-state index < -0.39 is 5.97 Å². The number of carboxylic acids is 1. The third-order valence-electron chi connectivity index (χ3n) is 11.7. The molecule has 0 aliphatic heterocycles. The van der Waals surface area contributed by atoms with Gasteiger partial charge in [0.25, 0.3) is 0 Å². The van der Waals surface area contributed by atoms with Gasteiger partial charge in [0.15, 0.2) is 0 Å². The van der Waals surface area contributed by atoms with Gasteiger partial charge in [-0.05, 0) is 110 Å². The van der Waals surface area contributed by atoms with Crippen LogP contribution in [0.5, 0.6) is 0 Å². The van der Waals surface area contributed by atoms with Crippen molar-refractivity contribution in [2.45, 2.75) is 119 Å². The van der Waals surface area contributed by atoms with Crippen LogP contribution < -0.4 is 0 Å². The van der Waals surface area contributed by atoms with Crippen molar-refractivity contribution in [2.24, 2.45) is 58.2 Å². The molecule has 0 spiro atoms. The van der Waals surface area contributed by atoms with Crippen LogP contribution in [-0.2, 0) is 4.79 Å². The standard InChI is InChI=1S/C31H52O2/c1-7-24(29(32)33)22-15-17-30(5)23(19-22)11-12-25-27-14-13-26(21(4)10-8-9-20(2)3)31(27,6)18-16-28(25)30/h11,20-22,24-28H,7-10,12-19H2,1-6H3,(H,32,33)/t21-,22+,24?,25+,26-,27+,28+,30+,31-/m1/s1. The molecule has 9 atom stereocenters. The molecule has 3 fully saturated rings. The molecule has 2 heteroatoms. The maximum absolute atomic E-state index is 11.8. The van der Waals surface area contributed by atoms with Gasteiger partial charge in [0.1, 0.15) is 0 Å². The maximum Gasteiger partial charge on any atom is 0.306 e. The number of aliphatic carboxylic acids is 1. The summed E-state index contributed by atoms with van der Waals surface area (Å²) in [5.74, 6) is 4.84. The molecule has 0 aromatic rings. The van der Waals surface area contributed by atoms with Crippen LogP contribution in [0.2, 0.25) is 0 Å². The molecule has 33 heavy (non-hydrogen) atoms. The highest BCUT2D eigenvalue weighted by atomic mass is 16.4. The summed E-state index contributed by atoms with van der Waals surface area (Å²) in [4.78, 5) is 11.8. The number of rotatable bonds is 8. The van der Waals surface area contributed by atoms with E-state index in [0.717, 1.165) is 54.8 Å². The third-order valence-corrected chi connectivity index (χ3v) is 11.7. The molecule has 0 bridgehead atoms. The lowest BCUT2D eigenvalue weighted by atomic mass is 9.46. The molecule has 2 nitrogen and oxygen atoms in total. The lowest BCUT2D eigenvalue weighted by Crippen LogP contribution is -2.50. The van der Waals surface area contributed by atoms with E-state index in [1.807, 2.05) is 0 Å². The monoisotopic (exact) mass is 456 g/mol. The summed E-state index contributed by atoms with van der Waals surface area (Å²) >= 11 is 0. The Morgan fingerprint density at radius 1 is 1.06 bits per heavy atom. The van der Waals surface area contributed by atoms with Crippen LogP contribution in [0, 0.1) is 58.2 Å². The summed E-state index contributed by atoms with van der Waals surface area (Å²) in [5.41, 5.74) is 2.52. The minimum atomic E-state index is -0.576. The van der Waals surface area contributed by atoms with Gasteiger partial charge in [-0.15, -0.1) is 0 Å². The van der Waals surface area contributed by atoms with Crippen molar-refractivity contribution >= 4 is 5.97 Å². The molecule has 0 radical (unpaired) electrons. The molecule has 1 unspecified atom stereocenters. The first-order valence-corrected chi connectivity index (χ1v) is 14.5. The molecule has 1 N–H and O–H groups in total. The highest BCUT2D eigenvalue weighted by Crippen LogP contribution is 2.67. The van der Waals surface area contributed by atoms with Crippen LogP contribution in [0.25, 0.3) is 0 Å². The maximum atomic E-state index is 11.8. The van der Waals surface area contributed by atoms with Gasteiger partial charge in [-0.1, -0.05) is 72.5 Å². The highest BCUT2D eigenvalue weighted by molar-refractivity contribution is 5.70. The molecule has 0 amide bonds. The predicted octanol–water partition coefficient (Wildman–Crippen LogP) is 8.75. The van der Waals surface area contributed by atoms with E-state index in [-0.39, 0.29) is 5.92 Å². The second-order valence-electron chi connectivity index (χ2n) is 13.6. The zero-order valence-electron chi connectivity index (χ0n) is 22.5. The molecule has 3 saturated carbocycles. The van der Waals surface area contributed by atoms with Crippen LogP contribution in [0.4, 0.5) is 0 Å². The summed E-state index contributed by atoms with van der Waals surface area (Å²) in [6.45, 7) is 14.6. The van der Waals surface area contributed by atoms with Gasteiger partial charge in [-0.25, -0.2) is 0 Å². The number of hydrogen-bond acceptors (Lipinski definition) is 1. The Morgan fingerprint density at radius 2 is 1.82 bits per heavy atom. The molecule has 0 heterocycles. The van der Waals surface area contributed by atoms with Gasteiger partial charge in [0.2, 0.25) is 0 Å². The van der Waals surface area contributed by atoms with E-state index >= 15 is 0 Å². The normalized spacial score (nSPS) is 42.2. The van der Waals surface area contributed by atoms with Crippen LogP contribution in [0.15, 0.2) is 11.6 Å². The average Bonchev–Trinajstić information content (AvgIpc) is 3.11. The molecule has 4 rings (SSSR count). The highest BCUT2D eigenvalue weighted by Gasteiger charge is 2.59. The zero-order valence-corrected chi connectivity index (χ0v) is 22.5. The van der Waals surface area contributed by atoms with Gasteiger partial charge in [0.05, 0.1) is 5.92 Å². The molecule has 4 aliphatic carbocycles. The van der Waals surface area contributed by atoms with Crippen molar-refractivity contribution in [3.8, 4) is 0 Å². The van der Waals surface area contributed by atoms with Crippen molar-refractivity contribution in [2.75, 3.05) is 0 Å². The van der Waals surface area contributed by atoms with Crippen LogP contribution >= 0.6 is 0 Å². The van der Waals surface area contributed by atoms with E-state index in [0.29, 0.717) is 16.7 Å². The van der Waals surface area contributed by atoms with Crippen molar-refractivity contribution < 1.29 is 9.90 Å².